The van der Waals surface area contributed by atoms with Gasteiger partial charge in [0.05, 0.1) is 39.1 Å². The van der Waals surface area contributed by atoms with E-state index in [4.69, 9.17) is 23.7 Å². The van der Waals surface area contributed by atoms with Crippen LogP contribution in [0.15, 0.2) is 121 Å². The van der Waals surface area contributed by atoms with E-state index in [0.29, 0.717) is 39.5 Å². The third kappa shape index (κ3) is 8.84. The Morgan fingerprint density at radius 2 is 0.857 bits per heavy atom. The number of ether oxygens (including phenoxy) is 5. The maximum atomic E-state index is 6.75. The normalized spacial score (nSPS) is 22.2. The van der Waals surface area contributed by atoms with Gasteiger partial charge in [-0.15, -0.1) is 0 Å². The molecule has 1 radical (unpaired) electrons. The van der Waals surface area contributed by atoms with E-state index in [9.17, 15) is 0 Å². The SMILES string of the molecule is [CH2]CC[C@H]1O[C@H](COCc2ccccc2)[C@@H](OCc2ccccc2)[C@H](OCc2ccccc2)[C@H]1OCc1ccccc1. The fraction of sp³-hybridized carbons (Fsp3) is 0.324. The zero-order chi connectivity index (χ0) is 28.8. The second-order valence-corrected chi connectivity index (χ2v) is 10.6. The van der Waals surface area contributed by atoms with Gasteiger partial charge in [0, 0.05) is 0 Å². The van der Waals surface area contributed by atoms with E-state index < -0.39 is 6.10 Å². The van der Waals surface area contributed by atoms with Crippen molar-refractivity contribution >= 4 is 0 Å². The lowest BCUT2D eigenvalue weighted by Crippen LogP contribution is -2.61. The Morgan fingerprint density at radius 3 is 1.29 bits per heavy atom. The van der Waals surface area contributed by atoms with Gasteiger partial charge in [0.2, 0.25) is 0 Å². The number of benzene rings is 4. The molecule has 0 bridgehead atoms. The van der Waals surface area contributed by atoms with Gasteiger partial charge in [0.1, 0.15) is 24.4 Å². The largest absolute Gasteiger partial charge is 0.374 e. The topological polar surface area (TPSA) is 46.2 Å². The summed E-state index contributed by atoms with van der Waals surface area (Å²) in [5.74, 6) is 0. The zero-order valence-electron chi connectivity index (χ0n) is 24.1. The Hall–Kier alpha value is -3.32. The molecule has 4 aromatic rings. The molecule has 1 aliphatic rings. The van der Waals surface area contributed by atoms with E-state index >= 15 is 0 Å². The minimum absolute atomic E-state index is 0.214. The van der Waals surface area contributed by atoms with Gasteiger partial charge in [0.25, 0.3) is 0 Å². The molecule has 0 aromatic heterocycles. The van der Waals surface area contributed by atoms with Crippen molar-refractivity contribution in [3.05, 3.63) is 151 Å². The second-order valence-electron chi connectivity index (χ2n) is 10.6. The summed E-state index contributed by atoms with van der Waals surface area (Å²) in [7, 11) is 0. The van der Waals surface area contributed by atoms with Gasteiger partial charge in [0.15, 0.2) is 0 Å². The first-order chi connectivity index (χ1) is 20.8. The zero-order valence-corrected chi connectivity index (χ0v) is 24.1. The molecule has 0 unspecified atom stereocenters. The molecule has 5 atom stereocenters. The van der Waals surface area contributed by atoms with Gasteiger partial charge >= 0.3 is 0 Å². The maximum absolute atomic E-state index is 6.75. The molecule has 219 valence electrons. The summed E-state index contributed by atoms with van der Waals surface area (Å²) in [6.07, 6.45) is -0.235. The summed E-state index contributed by atoms with van der Waals surface area (Å²) in [5, 5.41) is 0. The fourth-order valence-electron chi connectivity index (χ4n) is 5.32. The van der Waals surface area contributed by atoms with Gasteiger partial charge in [-0.05, 0) is 28.7 Å². The minimum Gasteiger partial charge on any atom is -0.374 e. The average Bonchev–Trinajstić information content (AvgIpc) is 3.05. The monoisotopic (exact) mass is 565 g/mol. The van der Waals surface area contributed by atoms with E-state index in [-0.39, 0.29) is 24.4 Å². The van der Waals surface area contributed by atoms with Crippen LogP contribution in [0.5, 0.6) is 0 Å². The Bertz CT molecular complexity index is 1270. The van der Waals surface area contributed by atoms with E-state index in [1.807, 2.05) is 72.8 Å². The summed E-state index contributed by atoms with van der Waals surface area (Å²) >= 11 is 0. The quantitative estimate of drug-likeness (QED) is 0.151. The predicted molar refractivity (Wildman–Crippen MR) is 164 cm³/mol. The molecule has 1 aliphatic heterocycles. The van der Waals surface area contributed by atoms with Gasteiger partial charge in [-0.25, -0.2) is 0 Å². The first-order valence-corrected chi connectivity index (χ1v) is 14.8. The molecule has 1 saturated heterocycles. The lowest BCUT2D eigenvalue weighted by molar-refractivity contribution is -0.273. The van der Waals surface area contributed by atoms with E-state index in [1.165, 1.54) is 0 Å². The van der Waals surface area contributed by atoms with Crippen LogP contribution in [0.25, 0.3) is 0 Å². The van der Waals surface area contributed by atoms with Crippen molar-refractivity contribution in [1.82, 2.24) is 0 Å². The molecule has 0 amide bonds. The molecule has 42 heavy (non-hydrogen) atoms. The highest BCUT2D eigenvalue weighted by atomic mass is 16.6. The van der Waals surface area contributed by atoms with Crippen molar-refractivity contribution in [3.63, 3.8) is 0 Å². The van der Waals surface area contributed by atoms with Crippen LogP contribution in [0.4, 0.5) is 0 Å². The summed E-state index contributed by atoms with van der Waals surface area (Å²) in [5.41, 5.74) is 4.40. The molecular weight excluding hydrogens is 524 g/mol. The Kier molecular flexibility index (Phi) is 11.7. The molecule has 0 aliphatic carbocycles. The standard InChI is InChI=1S/C37H41O5/c1-2-15-33-35(39-25-30-18-9-4-10-19-30)37(41-27-32-22-13-6-14-23-32)36(40-26-31-20-11-5-12-21-31)34(42-33)28-38-24-29-16-7-3-8-17-29/h3-14,16-23,33-37H,1-2,15,24-28H2/t33-,34-,35+,36-,37-/m1/s1. The summed E-state index contributed by atoms with van der Waals surface area (Å²) in [6.45, 7) is 6.33. The van der Waals surface area contributed by atoms with Crippen molar-refractivity contribution in [3.8, 4) is 0 Å². The molecular formula is C37H41O5. The molecule has 5 nitrogen and oxygen atoms in total. The molecule has 1 heterocycles. The van der Waals surface area contributed by atoms with Crippen LogP contribution < -0.4 is 0 Å². The highest BCUT2D eigenvalue weighted by molar-refractivity contribution is 5.16. The van der Waals surface area contributed by atoms with E-state index in [0.717, 1.165) is 28.7 Å². The third-order valence-corrected chi connectivity index (χ3v) is 7.47. The van der Waals surface area contributed by atoms with Crippen molar-refractivity contribution in [2.45, 2.75) is 69.8 Å². The Labute approximate surface area is 250 Å². The summed E-state index contributed by atoms with van der Waals surface area (Å²) in [6, 6.07) is 40.8. The third-order valence-electron chi connectivity index (χ3n) is 7.47. The molecule has 0 N–H and O–H groups in total. The van der Waals surface area contributed by atoms with E-state index in [2.05, 4.69) is 55.5 Å². The van der Waals surface area contributed by atoms with Crippen molar-refractivity contribution in [2.75, 3.05) is 6.61 Å². The average molecular weight is 566 g/mol. The highest BCUT2D eigenvalue weighted by Gasteiger charge is 2.48. The van der Waals surface area contributed by atoms with Gasteiger partial charge < -0.3 is 23.7 Å². The first kappa shape index (κ1) is 30.1. The predicted octanol–water partition coefficient (Wildman–Crippen LogP) is 7.34. The first-order valence-electron chi connectivity index (χ1n) is 14.8. The lowest BCUT2D eigenvalue weighted by Gasteiger charge is -2.46. The summed E-state index contributed by atoms with van der Waals surface area (Å²) < 4.78 is 33.0. The number of hydrogen-bond acceptors (Lipinski definition) is 5. The van der Waals surface area contributed by atoms with Crippen molar-refractivity contribution < 1.29 is 23.7 Å². The second kappa shape index (κ2) is 16.4. The van der Waals surface area contributed by atoms with Gasteiger partial charge in [-0.1, -0.05) is 135 Å². The van der Waals surface area contributed by atoms with Crippen LogP contribution in [0.1, 0.15) is 35.1 Å². The van der Waals surface area contributed by atoms with Gasteiger partial charge in [-0.3, -0.25) is 0 Å². The van der Waals surface area contributed by atoms with Crippen LogP contribution >= 0.6 is 0 Å². The van der Waals surface area contributed by atoms with Crippen LogP contribution in [-0.4, -0.2) is 37.1 Å². The molecule has 0 spiro atoms. The van der Waals surface area contributed by atoms with Crippen molar-refractivity contribution in [1.29, 1.82) is 0 Å². The fourth-order valence-corrected chi connectivity index (χ4v) is 5.32. The molecule has 5 rings (SSSR count). The smallest absolute Gasteiger partial charge is 0.115 e. The van der Waals surface area contributed by atoms with Crippen LogP contribution in [0.3, 0.4) is 0 Å². The van der Waals surface area contributed by atoms with Gasteiger partial charge in [-0.2, -0.15) is 0 Å². The van der Waals surface area contributed by atoms with Crippen LogP contribution in [0, 0.1) is 6.92 Å². The van der Waals surface area contributed by atoms with E-state index in [1.54, 1.807) is 0 Å². The van der Waals surface area contributed by atoms with Crippen molar-refractivity contribution in [2.24, 2.45) is 0 Å². The molecule has 0 saturated carbocycles. The Balaban J connectivity index is 1.40. The Morgan fingerprint density at radius 1 is 0.476 bits per heavy atom. The maximum Gasteiger partial charge on any atom is 0.115 e. The minimum atomic E-state index is -0.411. The number of hydrogen-bond donors (Lipinski definition) is 0. The molecule has 4 aromatic carbocycles. The highest BCUT2D eigenvalue weighted by Crippen LogP contribution is 2.32. The number of rotatable bonds is 15. The van der Waals surface area contributed by atoms with Crippen LogP contribution in [-0.2, 0) is 50.1 Å². The molecule has 1 fully saturated rings. The lowest BCUT2D eigenvalue weighted by atomic mass is 9.92. The molecule has 5 heteroatoms. The van der Waals surface area contributed by atoms with Crippen LogP contribution in [0.2, 0.25) is 0 Å². The summed E-state index contributed by atoms with van der Waals surface area (Å²) in [4.78, 5) is 0.